The summed E-state index contributed by atoms with van der Waals surface area (Å²) in [4.78, 5) is 34.1. The molecule has 0 fully saturated rings. The summed E-state index contributed by atoms with van der Waals surface area (Å²) in [6, 6.07) is 5.94. The highest BCUT2D eigenvalue weighted by molar-refractivity contribution is 7.15. The topological polar surface area (TPSA) is 87.1 Å². The van der Waals surface area contributed by atoms with Crippen molar-refractivity contribution in [1.82, 2.24) is 28.7 Å². The molecule has 12 heteroatoms. The third-order valence-electron chi connectivity index (χ3n) is 4.66. The molecular formula is C19H11F3N6O2S. The van der Waals surface area contributed by atoms with Gasteiger partial charge in [-0.15, -0.1) is 11.3 Å². The van der Waals surface area contributed by atoms with Crippen LogP contribution in [0.5, 0.6) is 0 Å². The lowest BCUT2D eigenvalue weighted by Gasteiger charge is -2.09. The molecule has 0 N–H and O–H groups in total. The minimum atomic E-state index is -4.51. The first kappa shape index (κ1) is 19.2. The van der Waals surface area contributed by atoms with Gasteiger partial charge in [-0.2, -0.15) is 18.3 Å². The Kier molecular flexibility index (Phi) is 4.25. The second-order valence-electron chi connectivity index (χ2n) is 6.66. The first-order valence-corrected chi connectivity index (χ1v) is 9.76. The van der Waals surface area contributed by atoms with Crippen LogP contribution in [0.15, 0.2) is 64.0 Å². The molecule has 0 aliphatic carbocycles. The Bertz CT molecular complexity index is 1560. The molecule has 0 aliphatic heterocycles. The third kappa shape index (κ3) is 3.30. The predicted molar refractivity (Wildman–Crippen MR) is 107 cm³/mol. The van der Waals surface area contributed by atoms with E-state index in [-0.39, 0.29) is 28.8 Å². The highest BCUT2D eigenvalue weighted by atomic mass is 32.1. The molecule has 0 saturated carbocycles. The number of nitrogens with zero attached hydrogens (tertiary/aromatic N) is 6. The van der Waals surface area contributed by atoms with E-state index in [1.165, 1.54) is 55.7 Å². The lowest BCUT2D eigenvalue weighted by molar-refractivity contribution is -0.137. The maximum Gasteiger partial charge on any atom is 0.416 e. The number of hydrogen-bond donors (Lipinski definition) is 0. The maximum atomic E-state index is 13.0. The first-order chi connectivity index (χ1) is 14.8. The number of halogens is 3. The van der Waals surface area contributed by atoms with E-state index in [4.69, 9.17) is 0 Å². The van der Waals surface area contributed by atoms with Gasteiger partial charge >= 0.3 is 6.18 Å². The molecule has 0 radical (unpaired) electrons. The molecule has 0 atom stereocenters. The van der Waals surface area contributed by atoms with Crippen LogP contribution in [0.25, 0.3) is 21.7 Å². The molecule has 5 aromatic rings. The summed E-state index contributed by atoms with van der Waals surface area (Å²) in [6.07, 6.45) is -0.379. The Morgan fingerprint density at radius 3 is 2.77 bits per heavy atom. The normalized spacial score (nSPS) is 12.1. The fourth-order valence-corrected chi connectivity index (χ4v) is 3.95. The summed E-state index contributed by atoms with van der Waals surface area (Å²) in [5.41, 5.74) is -0.893. The van der Waals surface area contributed by atoms with Crippen molar-refractivity contribution in [3.05, 3.63) is 86.4 Å². The van der Waals surface area contributed by atoms with Crippen LogP contribution in [0.4, 0.5) is 13.2 Å². The highest BCUT2D eigenvalue weighted by Gasteiger charge is 2.30. The summed E-state index contributed by atoms with van der Waals surface area (Å²) in [7, 11) is 0. The van der Waals surface area contributed by atoms with Crippen molar-refractivity contribution in [3.8, 4) is 5.69 Å². The van der Waals surface area contributed by atoms with Crippen molar-refractivity contribution < 1.29 is 13.2 Å². The van der Waals surface area contributed by atoms with Crippen LogP contribution in [-0.4, -0.2) is 28.7 Å². The van der Waals surface area contributed by atoms with Crippen LogP contribution in [0.2, 0.25) is 0 Å². The molecule has 156 valence electrons. The minimum Gasteiger partial charge on any atom is -0.292 e. The minimum absolute atomic E-state index is 0.0140. The highest BCUT2D eigenvalue weighted by Crippen LogP contribution is 2.30. The van der Waals surface area contributed by atoms with Gasteiger partial charge in [-0.3, -0.25) is 18.6 Å². The third-order valence-corrected chi connectivity index (χ3v) is 5.42. The van der Waals surface area contributed by atoms with Crippen molar-refractivity contribution in [1.29, 1.82) is 0 Å². The molecule has 1 aromatic carbocycles. The van der Waals surface area contributed by atoms with E-state index >= 15 is 0 Å². The van der Waals surface area contributed by atoms with Gasteiger partial charge in [0.05, 0.1) is 29.7 Å². The Balaban J connectivity index is 1.56. The standard InChI is InChI=1S/C19H11F3N6O2S/c20-19(21,22)11-2-1-3-13(6-11)28-16-14(8-24-28)17(30)26(10-23-16)9-12-7-15(29)27-4-5-31-18(27)25-12/h1-8,10H,9H2. The van der Waals surface area contributed by atoms with Crippen LogP contribution in [0.3, 0.4) is 0 Å². The van der Waals surface area contributed by atoms with Crippen molar-refractivity contribution in [2.75, 3.05) is 0 Å². The largest absolute Gasteiger partial charge is 0.416 e. The number of fused-ring (bicyclic) bond motifs is 2. The smallest absolute Gasteiger partial charge is 0.292 e. The molecule has 0 saturated heterocycles. The van der Waals surface area contributed by atoms with E-state index in [0.717, 1.165) is 12.1 Å². The van der Waals surface area contributed by atoms with Crippen LogP contribution in [0, 0.1) is 0 Å². The van der Waals surface area contributed by atoms with E-state index in [1.54, 1.807) is 11.6 Å². The summed E-state index contributed by atoms with van der Waals surface area (Å²) in [5.74, 6) is 0. The number of thiazole rings is 1. The van der Waals surface area contributed by atoms with Crippen molar-refractivity contribution >= 4 is 27.3 Å². The van der Waals surface area contributed by atoms with Gasteiger partial charge in [0.25, 0.3) is 11.1 Å². The number of benzene rings is 1. The molecule has 0 unspecified atom stereocenters. The maximum absolute atomic E-state index is 13.0. The van der Waals surface area contributed by atoms with E-state index in [0.29, 0.717) is 10.7 Å². The first-order valence-electron chi connectivity index (χ1n) is 8.88. The molecule has 0 amide bonds. The van der Waals surface area contributed by atoms with Gasteiger partial charge in [-0.05, 0) is 18.2 Å². The lowest BCUT2D eigenvalue weighted by atomic mass is 10.2. The second kappa shape index (κ2) is 6.87. The summed E-state index contributed by atoms with van der Waals surface area (Å²) >= 11 is 1.29. The lowest BCUT2D eigenvalue weighted by Crippen LogP contribution is -2.23. The molecule has 5 rings (SSSR count). The Morgan fingerprint density at radius 1 is 1.13 bits per heavy atom. The predicted octanol–water partition coefficient (Wildman–Crippen LogP) is 2.72. The fourth-order valence-electron chi connectivity index (χ4n) is 3.21. The van der Waals surface area contributed by atoms with E-state index in [1.807, 2.05) is 0 Å². The van der Waals surface area contributed by atoms with Gasteiger partial charge in [0.1, 0.15) is 11.7 Å². The van der Waals surface area contributed by atoms with E-state index in [2.05, 4.69) is 15.1 Å². The van der Waals surface area contributed by atoms with Gasteiger partial charge in [0.2, 0.25) is 0 Å². The Labute approximate surface area is 174 Å². The average molecular weight is 444 g/mol. The SMILES string of the molecule is O=c1c2cnn(-c3cccc(C(F)(F)F)c3)c2ncn1Cc1cc(=O)n2ccsc2n1. The molecule has 0 aliphatic rings. The van der Waals surface area contributed by atoms with E-state index in [9.17, 15) is 22.8 Å². The van der Waals surface area contributed by atoms with Gasteiger partial charge in [0.15, 0.2) is 10.6 Å². The Morgan fingerprint density at radius 2 is 1.97 bits per heavy atom. The van der Waals surface area contributed by atoms with E-state index < -0.39 is 17.3 Å². The van der Waals surface area contributed by atoms with Crippen molar-refractivity contribution in [3.63, 3.8) is 0 Å². The van der Waals surface area contributed by atoms with Gasteiger partial charge in [-0.1, -0.05) is 6.07 Å². The van der Waals surface area contributed by atoms with Gasteiger partial charge in [-0.25, -0.2) is 14.6 Å². The van der Waals surface area contributed by atoms with Crippen LogP contribution < -0.4 is 11.1 Å². The Hall–Kier alpha value is -3.80. The molecule has 0 spiro atoms. The zero-order valence-corrected chi connectivity index (χ0v) is 16.3. The van der Waals surface area contributed by atoms with Crippen LogP contribution in [0.1, 0.15) is 11.3 Å². The molecule has 4 aromatic heterocycles. The zero-order valence-electron chi connectivity index (χ0n) is 15.4. The monoisotopic (exact) mass is 444 g/mol. The molecule has 4 heterocycles. The number of alkyl halides is 3. The van der Waals surface area contributed by atoms with Crippen LogP contribution >= 0.6 is 11.3 Å². The molecular weight excluding hydrogens is 433 g/mol. The van der Waals surface area contributed by atoms with Gasteiger partial charge in [0, 0.05) is 17.6 Å². The quantitative estimate of drug-likeness (QED) is 0.427. The van der Waals surface area contributed by atoms with Crippen molar-refractivity contribution in [2.24, 2.45) is 0 Å². The van der Waals surface area contributed by atoms with Crippen LogP contribution in [-0.2, 0) is 12.7 Å². The average Bonchev–Trinajstić information content (AvgIpc) is 3.37. The van der Waals surface area contributed by atoms with Crippen molar-refractivity contribution in [2.45, 2.75) is 12.7 Å². The molecule has 31 heavy (non-hydrogen) atoms. The summed E-state index contributed by atoms with van der Waals surface area (Å²) < 4.78 is 42.9. The molecule has 8 nitrogen and oxygen atoms in total. The number of aromatic nitrogens is 6. The fraction of sp³-hybridized carbons (Fsp3) is 0.105. The second-order valence-corrected chi connectivity index (χ2v) is 7.53. The van der Waals surface area contributed by atoms with Gasteiger partial charge < -0.3 is 0 Å². The summed E-state index contributed by atoms with van der Waals surface area (Å²) in [6.45, 7) is 0.0140. The molecule has 0 bridgehead atoms. The summed E-state index contributed by atoms with van der Waals surface area (Å²) in [5, 5.41) is 5.92. The zero-order chi connectivity index (χ0) is 21.8. The number of rotatable bonds is 3. The number of hydrogen-bond acceptors (Lipinski definition) is 6.